The van der Waals surface area contributed by atoms with Crippen LogP contribution < -0.4 is 5.73 Å². The Hall–Kier alpha value is -0.780. The summed E-state index contributed by atoms with van der Waals surface area (Å²) < 4.78 is 26.1. The highest BCUT2D eigenvalue weighted by Gasteiger charge is 2.19. The van der Waals surface area contributed by atoms with Gasteiger partial charge in [-0.05, 0) is 55.5 Å². The van der Waals surface area contributed by atoms with Gasteiger partial charge < -0.3 is 10.8 Å². The van der Waals surface area contributed by atoms with Gasteiger partial charge in [-0.1, -0.05) is 19.3 Å². The van der Waals surface area contributed by atoms with Crippen LogP contribution in [-0.4, -0.2) is 21.6 Å². The molecule has 0 heterocycles. The molecule has 0 radical (unpaired) electrons. The second kappa shape index (κ2) is 8.01. The summed E-state index contributed by atoms with van der Waals surface area (Å²) in [6.07, 6.45) is 5.47. The van der Waals surface area contributed by atoms with Crippen molar-refractivity contribution in [1.29, 1.82) is 0 Å². The average Bonchev–Trinajstić information content (AvgIpc) is 2.48. The molecule has 2 unspecified atom stereocenters. The maximum atomic E-state index is 13.7. The van der Waals surface area contributed by atoms with E-state index < -0.39 is 22.7 Å². The molecule has 0 aliphatic heterocycles. The van der Waals surface area contributed by atoms with Crippen molar-refractivity contribution >= 4 is 10.8 Å². The lowest BCUT2D eigenvalue weighted by Crippen LogP contribution is -2.15. The number of aliphatic hydroxyl groups excluding tert-OH is 1. The zero-order valence-corrected chi connectivity index (χ0v) is 13.1. The van der Waals surface area contributed by atoms with Gasteiger partial charge in [0.2, 0.25) is 0 Å². The van der Waals surface area contributed by atoms with Crippen molar-refractivity contribution in [1.82, 2.24) is 0 Å². The highest BCUT2D eigenvalue weighted by Crippen LogP contribution is 2.27. The molecule has 0 saturated heterocycles. The molecule has 1 aromatic carbocycles. The lowest BCUT2D eigenvalue weighted by atomic mass is 9.91. The first-order chi connectivity index (χ1) is 10.1. The van der Waals surface area contributed by atoms with Crippen molar-refractivity contribution < 1.29 is 13.7 Å². The lowest BCUT2D eigenvalue weighted by Gasteiger charge is -2.21. The number of aliphatic hydroxyl groups is 1. The van der Waals surface area contributed by atoms with E-state index in [1.807, 2.05) is 0 Å². The van der Waals surface area contributed by atoms with Crippen molar-refractivity contribution in [2.24, 2.45) is 11.7 Å². The predicted octanol–water partition coefficient (Wildman–Crippen LogP) is 2.90. The third kappa shape index (κ3) is 4.87. The molecule has 3 N–H and O–H groups in total. The van der Waals surface area contributed by atoms with Gasteiger partial charge in [-0.3, -0.25) is 4.21 Å². The van der Waals surface area contributed by atoms with E-state index in [4.69, 9.17) is 5.73 Å². The summed E-state index contributed by atoms with van der Waals surface area (Å²) in [6, 6.07) is 4.27. The van der Waals surface area contributed by atoms with Gasteiger partial charge in [0.25, 0.3) is 0 Å². The molecule has 0 aromatic heterocycles. The van der Waals surface area contributed by atoms with Gasteiger partial charge >= 0.3 is 0 Å². The molecule has 0 amide bonds. The summed E-state index contributed by atoms with van der Waals surface area (Å²) >= 11 is 0. The number of hydrogen-bond acceptors (Lipinski definition) is 3. The Kier molecular flexibility index (Phi) is 6.33. The monoisotopic (exact) mass is 313 g/mol. The maximum absolute atomic E-state index is 13.7. The molecule has 21 heavy (non-hydrogen) atoms. The maximum Gasteiger partial charge on any atom is 0.124 e. The van der Waals surface area contributed by atoms with Crippen LogP contribution in [0.4, 0.5) is 4.39 Å². The normalized spacial score (nSPS) is 19.4. The minimum atomic E-state index is -1.20. The fourth-order valence-corrected chi connectivity index (χ4v) is 4.36. The Bertz CT molecular complexity index is 489. The Balaban J connectivity index is 2.08. The molecule has 1 aliphatic rings. The molecule has 1 fully saturated rings. The molecule has 1 aromatic rings. The topological polar surface area (TPSA) is 63.3 Å². The van der Waals surface area contributed by atoms with Crippen LogP contribution in [0.2, 0.25) is 0 Å². The summed E-state index contributed by atoms with van der Waals surface area (Å²) in [5.74, 6) is 0.617. The molecule has 1 saturated carbocycles. The second-order valence-corrected chi connectivity index (χ2v) is 7.33. The van der Waals surface area contributed by atoms with Gasteiger partial charge in [0.1, 0.15) is 5.82 Å². The molecule has 0 spiro atoms. The molecular formula is C16H24FNO2S. The van der Waals surface area contributed by atoms with Gasteiger partial charge in [0.05, 0.1) is 16.9 Å². The van der Waals surface area contributed by atoms with Crippen LogP contribution in [0.5, 0.6) is 0 Å². The average molecular weight is 313 g/mol. The van der Waals surface area contributed by atoms with Crippen LogP contribution in [0.1, 0.15) is 50.2 Å². The van der Waals surface area contributed by atoms with E-state index >= 15 is 0 Å². The van der Waals surface area contributed by atoms with E-state index in [0.29, 0.717) is 35.1 Å². The molecule has 118 valence electrons. The molecular weight excluding hydrogens is 289 g/mol. The Labute approximate surface area is 128 Å². The van der Waals surface area contributed by atoms with Gasteiger partial charge in [-0.2, -0.15) is 0 Å². The van der Waals surface area contributed by atoms with E-state index in [0.717, 1.165) is 12.8 Å². The number of nitrogens with two attached hydrogens (primary N) is 1. The summed E-state index contributed by atoms with van der Waals surface area (Å²) in [7, 11) is -1.20. The van der Waals surface area contributed by atoms with Crippen LogP contribution in [0.3, 0.4) is 0 Å². The van der Waals surface area contributed by atoms with E-state index in [-0.39, 0.29) is 0 Å². The fourth-order valence-electron chi connectivity index (χ4n) is 2.90. The van der Waals surface area contributed by atoms with Crippen LogP contribution in [0, 0.1) is 11.7 Å². The van der Waals surface area contributed by atoms with E-state index in [1.54, 1.807) is 6.07 Å². The number of benzene rings is 1. The van der Waals surface area contributed by atoms with Gasteiger partial charge in [0, 0.05) is 10.6 Å². The highest BCUT2D eigenvalue weighted by molar-refractivity contribution is 7.85. The fraction of sp³-hybridized carbons (Fsp3) is 0.625. The molecule has 2 atom stereocenters. The smallest absolute Gasteiger partial charge is 0.124 e. The SMILES string of the molecule is NCCC(O)c1cc(F)cc(S(=O)CC2CCCCC2)c1. The molecule has 5 heteroatoms. The molecule has 3 nitrogen and oxygen atoms in total. The summed E-state index contributed by atoms with van der Waals surface area (Å²) in [4.78, 5) is 0.478. The van der Waals surface area contributed by atoms with Crippen LogP contribution in [0.15, 0.2) is 23.1 Å². The Morgan fingerprint density at radius 2 is 2.00 bits per heavy atom. The Morgan fingerprint density at radius 3 is 2.67 bits per heavy atom. The standard InChI is InChI=1S/C16H24FNO2S/c17-14-8-13(16(19)6-7-18)9-15(10-14)21(20)11-12-4-2-1-3-5-12/h8-10,12,16,19H,1-7,11,18H2. The summed E-state index contributed by atoms with van der Waals surface area (Å²) in [5, 5.41) is 9.93. The molecule has 0 bridgehead atoms. The second-order valence-electron chi connectivity index (χ2n) is 5.83. The third-order valence-electron chi connectivity index (χ3n) is 4.09. The predicted molar refractivity (Wildman–Crippen MR) is 82.9 cm³/mol. The summed E-state index contributed by atoms with van der Waals surface area (Å²) in [6.45, 7) is 0.332. The Morgan fingerprint density at radius 1 is 1.29 bits per heavy atom. The molecule has 1 aliphatic carbocycles. The van der Waals surface area contributed by atoms with Crippen molar-refractivity contribution in [2.75, 3.05) is 12.3 Å². The minimum absolute atomic E-state index is 0.332. The van der Waals surface area contributed by atoms with E-state index in [1.165, 1.54) is 31.4 Å². The van der Waals surface area contributed by atoms with Crippen LogP contribution >= 0.6 is 0 Å². The van der Waals surface area contributed by atoms with Gasteiger partial charge in [0.15, 0.2) is 0 Å². The quantitative estimate of drug-likeness (QED) is 0.849. The van der Waals surface area contributed by atoms with E-state index in [2.05, 4.69) is 0 Å². The minimum Gasteiger partial charge on any atom is -0.388 e. The summed E-state index contributed by atoms with van der Waals surface area (Å²) in [5.41, 5.74) is 5.88. The lowest BCUT2D eigenvalue weighted by molar-refractivity contribution is 0.169. The van der Waals surface area contributed by atoms with Crippen molar-refractivity contribution in [3.8, 4) is 0 Å². The van der Waals surface area contributed by atoms with Crippen molar-refractivity contribution in [3.63, 3.8) is 0 Å². The number of rotatable bonds is 6. The largest absolute Gasteiger partial charge is 0.388 e. The first-order valence-electron chi connectivity index (χ1n) is 7.67. The zero-order chi connectivity index (χ0) is 15.2. The first kappa shape index (κ1) is 16.6. The van der Waals surface area contributed by atoms with Crippen LogP contribution in [0.25, 0.3) is 0 Å². The van der Waals surface area contributed by atoms with Gasteiger partial charge in [-0.25, -0.2) is 4.39 Å². The van der Waals surface area contributed by atoms with Crippen LogP contribution in [-0.2, 0) is 10.8 Å². The van der Waals surface area contributed by atoms with Gasteiger partial charge in [-0.15, -0.1) is 0 Å². The molecule has 2 rings (SSSR count). The van der Waals surface area contributed by atoms with Crippen molar-refractivity contribution in [2.45, 2.75) is 49.5 Å². The zero-order valence-electron chi connectivity index (χ0n) is 12.3. The number of halogens is 1. The third-order valence-corrected chi connectivity index (χ3v) is 5.63. The first-order valence-corrected chi connectivity index (χ1v) is 8.99. The highest BCUT2D eigenvalue weighted by atomic mass is 32.2. The number of hydrogen-bond donors (Lipinski definition) is 2. The van der Waals surface area contributed by atoms with Crippen molar-refractivity contribution in [3.05, 3.63) is 29.6 Å². The van der Waals surface area contributed by atoms with E-state index in [9.17, 15) is 13.7 Å².